The Balaban J connectivity index is 1.80. The van der Waals surface area contributed by atoms with Gasteiger partial charge >= 0.3 is 0 Å². The van der Waals surface area contributed by atoms with Crippen LogP contribution in [0.1, 0.15) is 0 Å². The molecule has 2 aromatic carbocycles. The van der Waals surface area contributed by atoms with Crippen LogP contribution in [0.3, 0.4) is 0 Å². The van der Waals surface area contributed by atoms with Gasteiger partial charge in [0.05, 0.1) is 20.8 Å². The third-order valence-corrected chi connectivity index (χ3v) is 5.67. The molecule has 12 nitrogen and oxygen atoms in total. The van der Waals surface area contributed by atoms with E-state index in [-0.39, 0.29) is 39.7 Å². The number of rotatable bonds is 6. The Bertz CT molecular complexity index is 1280. The highest BCUT2D eigenvalue weighted by Crippen LogP contribution is 2.43. The van der Waals surface area contributed by atoms with Crippen LogP contribution in [0.5, 0.6) is 28.7 Å². The molecule has 0 saturated carbocycles. The predicted molar refractivity (Wildman–Crippen MR) is 119 cm³/mol. The number of phenolic OH excluding ortho intramolecular Hbond substituents is 2. The molecule has 0 radical (unpaired) electrons. The van der Waals surface area contributed by atoms with Gasteiger partial charge in [-0.3, -0.25) is 4.79 Å². The van der Waals surface area contributed by atoms with Crippen molar-refractivity contribution in [1.82, 2.24) is 0 Å². The standard InChI is InChI=1S/C23H24O12/c1-31-13-5-9(3-4-10(13)25)12-6-11(26)17-14(33-12)7-15(22(32-2)19(17)28)34-23-21(30)20(29)18(27)16(8-24)35-23/h3-7,16,18,20-21,23-25,27-30H,8H2,1-2H3. The second-order valence-corrected chi connectivity index (χ2v) is 7.81. The first-order chi connectivity index (χ1) is 16.7. The second kappa shape index (κ2) is 9.60. The molecule has 35 heavy (non-hydrogen) atoms. The average Bonchev–Trinajstić information content (AvgIpc) is 2.84. The lowest BCUT2D eigenvalue weighted by molar-refractivity contribution is -0.277. The lowest BCUT2D eigenvalue weighted by atomic mass is 9.99. The number of aromatic hydroxyl groups is 2. The maximum atomic E-state index is 12.8. The van der Waals surface area contributed by atoms with Crippen LogP contribution >= 0.6 is 0 Å². The molecule has 1 saturated heterocycles. The maximum Gasteiger partial charge on any atom is 0.229 e. The van der Waals surface area contributed by atoms with Gasteiger partial charge in [-0.1, -0.05) is 0 Å². The quantitative estimate of drug-likeness (QED) is 0.272. The minimum atomic E-state index is -1.72. The molecule has 188 valence electrons. The van der Waals surface area contributed by atoms with Gasteiger partial charge in [-0.15, -0.1) is 0 Å². The zero-order chi connectivity index (χ0) is 25.4. The molecule has 1 aliphatic rings. The van der Waals surface area contributed by atoms with Crippen LogP contribution in [0.2, 0.25) is 0 Å². The molecule has 4 rings (SSSR count). The highest BCUT2D eigenvalue weighted by Gasteiger charge is 2.45. The number of methoxy groups -OCH3 is 2. The minimum Gasteiger partial charge on any atom is -0.504 e. The van der Waals surface area contributed by atoms with E-state index in [0.29, 0.717) is 5.56 Å². The zero-order valence-electron chi connectivity index (χ0n) is 18.6. The minimum absolute atomic E-state index is 0.0872. The van der Waals surface area contributed by atoms with E-state index in [2.05, 4.69) is 0 Å². The molecule has 5 atom stereocenters. The molecule has 12 heteroatoms. The van der Waals surface area contributed by atoms with Crippen molar-refractivity contribution in [3.63, 3.8) is 0 Å². The second-order valence-electron chi connectivity index (χ2n) is 7.81. The fourth-order valence-corrected chi connectivity index (χ4v) is 3.81. The number of hydrogen-bond donors (Lipinski definition) is 6. The smallest absolute Gasteiger partial charge is 0.229 e. The number of hydrogen-bond acceptors (Lipinski definition) is 12. The fraction of sp³-hybridized carbons (Fsp3) is 0.348. The van der Waals surface area contributed by atoms with Crippen molar-refractivity contribution in [3.8, 4) is 40.1 Å². The maximum absolute atomic E-state index is 12.8. The summed E-state index contributed by atoms with van der Waals surface area (Å²) in [6.45, 7) is -0.667. The van der Waals surface area contributed by atoms with Gasteiger partial charge in [0.25, 0.3) is 0 Å². The summed E-state index contributed by atoms with van der Waals surface area (Å²) in [6, 6.07) is 6.67. The van der Waals surface area contributed by atoms with Crippen LogP contribution in [0.4, 0.5) is 0 Å². The van der Waals surface area contributed by atoms with E-state index in [0.717, 1.165) is 6.07 Å². The van der Waals surface area contributed by atoms with E-state index in [1.54, 1.807) is 0 Å². The lowest BCUT2D eigenvalue weighted by Crippen LogP contribution is -2.60. The topological polar surface area (TPSA) is 189 Å². The molecular formula is C23H24O12. The monoisotopic (exact) mass is 492 g/mol. The first-order valence-corrected chi connectivity index (χ1v) is 10.4. The lowest BCUT2D eigenvalue weighted by Gasteiger charge is -2.39. The molecule has 3 aromatic rings. The largest absolute Gasteiger partial charge is 0.504 e. The molecule has 1 aliphatic heterocycles. The van der Waals surface area contributed by atoms with Gasteiger partial charge in [-0.05, 0) is 18.2 Å². The summed E-state index contributed by atoms with van der Waals surface area (Å²) in [5, 5.41) is 60.0. The van der Waals surface area contributed by atoms with Crippen molar-refractivity contribution in [1.29, 1.82) is 0 Å². The third kappa shape index (κ3) is 4.33. The van der Waals surface area contributed by atoms with E-state index < -0.39 is 48.5 Å². The number of ether oxygens (including phenoxy) is 4. The fourth-order valence-electron chi connectivity index (χ4n) is 3.81. The van der Waals surface area contributed by atoms with Gasteiger partial charge in [0.15, 0.2) is 28.4 Å². The van der Waals surface area contributed by atoms with Crippen LogP contribution in [0.15, 0.2) is 39.5 Å². The number of fused-ring (bicyclic) bond motifs is 1. The average molecular weight is 492 g/mol. The Kier molecular flexibility index (Phi) is 6.74. The Labute approximate surface area is 197 Å². The molecule has 0 amide bonds. The summed E-state index contributed by atoms with van der Waals surface area (Å²) in [6.07, 6.45) is -7.82. The molecule has 6 N–H and O–H groups in total. The van der Waals surface area contributed by atoms with Gasteiger partial charge in [0.2, 0.25) is 12.0 Å². The normalized spacial score (nSPS) is 24.3. The number of aliphatic hydroxyl groups is 4. The summed E-state index contributed by atoms with van der Waals surface area (Å²) in [7, 11) is 2.57. The Hall–Kier alpha value is -3.55. The van der Waals surface area contributed by atoms with Crippen LogP contribution < -0.4 is 19.6 Å². The highest BCUT2D eigenvalue weighted by atomic mass is 16.7. The van der Waals surface area contributed by atoms with E-state index in [1.165, 1.54) is 38.5 Å². The van der Waals surface area contributed by atoms with E-state index >= 15 is 0 Å². The summed E-state index contributed by atoms with van der Waals surface area (Å²) in [5.74, 6) is -0.977. The molecule has 0 bridgehead atoms. The summed E-state index contributed by atoms with van der Waals surface area (Å²) in [5.41, 5.74) is -0.328. The number of phenols is 2. The molecule has 0 aliphatic carbocycles. The molecule has 1 aromatic heterocycles. The molecule has 5 unspecified atom stereocenters. The first-order valence-electron chi connectivity index (χ1n) is 10.4. The van der Waals surface area contributed by atoms with E-state index in [1.807, 2.05) is 0 Å². The molecule has 1 fully saturated rings. The number of aliphatic hydroxyl groups excluding tert-OH is 4. The third-order valence-electron chi connectivity index (χ3n) is 5.67. The first kappa shape index (κ1) is 24.6. The molecule has 2 heterocycles. The van der Waals surface area contributed by atoms with Gasteiger partial charge in [-0.2, -0.15) is 0 Å². The van der Waals surface area contributed by atoms with Gasteiger partial charge < -0.3 is 54.0 Å². The van der Waals surface area contributed by atoms with Crippen molar-refractivity contribution < 1.29 is 54.0 Å². The molecule has 0 spiro atoms. The Morgan fingerprint density at radius 1 is 0.943 bits per heavy atom. The van der Waals surface area contributed by atoms with Crippen molar-refractivity contribution >= 4 is 11.0 Å². The van der Waals surface area contributed by atoms with Crippen LogP contribution in [-0.2, 0) is 4.74 Å². The van der Waals surface area contributed by atoms with Crippen molar-refractivity contribution in [2.45, 2.75) is 30.7 Å². The van der Waals surface area contributed by atoms with Crippen molar-refractivity contribution in [2.24, 2.45) is 0 Å². The van der Waals surface area contributed by atoms with E-state index in [9.17, 15) is 35.4 Å². The Morgan fingerprint density at radius 3 is 2.34 bits per heavy atom. The number of benzene rings is 2. The summed E-state index contributed by atoms with van der Waals surface area (Å²) >= 11 is 0. The van der Waals surface area contributed by atoms with Crippen molar-refractivity contribution in [3.05, 3.63) is 40.6 Å². The van der Waals surface area contributed by atoms with E-state index in [4.69, 9.17) is 23.4 Å². The highest BCUT2D eigenvalue weighted by molar-refractivity contribution is 5.89. The van der Waals surface area contributed by atoms with Crippen LogP contribution in [0, 0.1) is 0 Å². The predicted octanol–water partition coefficient (Wildman–Crippen LogP) is 0.0671. The summed E-state index contributed by atoms with van der Waals surface area (Å²) in [4.78, 5) is 12.8. The van der Waals surface area contributed by atoms with Crippen LogP contribution in [0.25, 0.3) is 22.3 Å². The van der Waals surface area contributed by atoms with Crippen LogP contribution in [-0.4, -0.2) is 82.2 Å². The van der Waals surface area contributed by atoms with Gasteiger partial charge in [0.1, 0.15) is 41.1 Å². The van der Waals surface area contributed by atoms with Crippen molar-refractivity contribution in [2.75, 3.05) is 20.8 Å². The van der Waals surface area contributed by atoms with Gasteiger partial charge in [-0.25, -0.2) is 0 Å². The Morgan fingerprint density at radius 2 is 1.69 bits per heavy atom. The van der Waals surface area contributed by atoms with Gasteiger partial charge in [0, 0.05) is 17.7 Å². The zero-order valence-corrected chi connectivity index (χ0v) is 18.6. The summed E-state index contributed by atoms with van der Waals surface area (Å²) < 4.78 is 27.0. The SMILES string of the molecule is COc1cc(-c2cc(=O)c3c(O)c(OC)c(OC4OC(CO)C(O)C(O)C4O)cc3o2)ccc1O. The molecular weight excluding hydrogens is 468 g/mol.